The Kier molecular flexibility index (Phi) is 3.33. The van der Waals surface area contributed by atoms with Crippen LogP contribution in [0.15, 0.2) is 48.5 Å². The minimum Gasteiger partial charge on any atom is -0.449 e. The van der Waals surface area contributed by atoms with Crippen molar-refractivity contribution in [3.05, 3.63) is 48.5 Å². The minimum atomic E-state index is -1.35. The summed E-state index contributed by atoms with van der Waals surface area (Å²) in [6.45, 7) is 0. The molecule has 0 spiro atoms. The predicted octanol–water partition coefficient (Wildman–Crippen LogP) is 3.07. The molecule has 0 unspecified atom stereocenters. The average Bonchev–Trinajstić information content (AvgIpc) is 2.34. The number of nitrogens with two attached hydrogens (primary N) is 1. The van der Waals surface area contributed by atoms with E-state index in [4.69, 9.17) is 10.8 Å². The molecule has 0 aromatic heterocycles. The van der Waals surface area contributed by atoms with E-state index in [1.807, 2.05) is 0 Å². The number of ether oxygens (including phenoxy) is 1. The lowest BCUT2D eigenvalue weighted by atomic mass is 10.2. The van der Waals surface area contributed by atoms with Gasteiger partial charge in [-0.25, -0.2) is 4.79 Å². The molecular formula is C13H12N2O3. The van der Waals surface area contributed by atoms with Crippen molar-refractivity contribution in [2.75, 3.05) is 11.1 Å². The lowest BCUT2D eigenvalue weighted by Gasteiger charge is -2.10. The zero-order valence-electron chi connectivity index (χ0n) is 9.46. The van der Waals surface area contributed by atoms with Gasteiger partial charge in [0.05, 0.1) is 5.69 Å². The number of rotatable bonds is 3. The van der Waals surface area contributed by atoms with Crippen LogP contribution in [0, 0.1) is 0 Å². The topological polar surface area (TPSA) is 84.6 Å². The molecule has 5 heteroatoms. The molecule has 2 rings (SSSR count). The third-order valence-electron chi connectivity index (χ3n) is 2.27. The van der Waals surface area contributed by atoms with Crippen molar-refractivity contribution in [2.45, 2.75) is 0 Å². The molecule has 0 aliphatic rings. The summed E-state index contributed by atoms with van der Waals surface area (Å²) >= 11 is 0. The van der Waals surface area contributed by atoms with E-state index in [1.165, 1.54) is 0 Å². The normalized spacial score (nSPS) is 9.78. The van der Waals surface area contributed by atoms with Crippen LogP contribution in [-0.2, 0) is 0 Å². The highest BCUT2D eigenvalue weighted by Gasteiger charge is 2.06. The van der Waals surface area contributed by atoms with E-state index in [0.717, 1.165) is 5.69 Å². The number of hydrogen-bond donors (Lipinski definition) is 3. The van der Waals surface area contributed by atoms with Crippen LogP contribution in [0.1, 0.15) is 0 Å². The molecule has 92 valence electrons. The van der Waals surface area contributed by atoms with Crippen LogP contribution in [0.25, 0.3) is 0 Å². The third-order valence-corrected chi connectivity index (χ3v) is 2.27. The van der Waals surface area contributed by atoms with E-state index in [0.29, 0.717) is 11.4 Å². The summed E-state index contributed by atoms with van der Waals surface area (Å²) in [5.74, 6) is 0.252. The first-order valence-corrected chi connectivity index (χ1v) is 5.27. The quantitative estimate of drug-likeness (QED) is 0.439. The molecule has 0 atom stereocenters. The maximum atomic E-state index is 10.6. The van der Waals surface area contributed by atoms with Crippen molar-refractivity contribution in [1.82, 2.24) is 0 Å². The zero-order chi connectivity index (χ0) is 13.0. The molecule has 2 aromatic carbocycles. The summed E-state index contributed by atoms with van der Waals surface area (Å²) in [7, 11) is 0. The first-order valence-electron chi connectivity index (χ1n) is 5.27. The molecule has 0 saturated carbocycles. The highest BCUT2D eigenvalue weighted by atomic mass is 16.7. The summed E-state index contributed by atoms with van der Waals surface area (Å²) in [6, 6.07) is 13.9. The van der Waals surface area contributed by atoms with Gasteiger partial charge in [-0.2, -0.15) is 0 Å². The largest absolute Gasteiger partial charge is 0.511 e. The van der Waals surface area contributed by atoms with E-state index in [-0.39, 0.29) is 5.75 Å². The second-order valence-electron chi connectivity index (χ2n) is 3.61. The molecule has 0 saturated heterocycles. The van der Waals surface area contributed by atoms with E-state index in [2.05, 4.69) is 10.1 Å². The molecule has 18 heavy (non-hydrogen) atoms. The van der Waals surface area contributed by atoms with Crippen molar-refractivity contribution < 1.29 is 14.6 Å². The summed E-state index contributed by atoms with van der Waals surface area (Å²) in [5.41, 5.74) is 7.62. The number of para-hydroxylation sites is 2. The maximum Gasteiger partial charge on any atom is 0.511 e. The van der Waals surface area contributed by atoms with Crippen LogP contribution in [-0.4, -0.2) is 11.3 Å². The summed E-state index contributed by atoms with van der Waals surface area (Å²) in [4.78, 5) is 10.6. The summed E-state index contributed by atoms with van der Waals surface area (Å²) in [6.07, 6.45) is -1.35. The number of carboxylic acid groups (broad SMARTS) is 1. The number of carbonyl (C=O) groups is 1. The van der Waals surface area contributed by atoms with Crippen molar-refractivity contribution >= 4 is 23.2 Å². The van der Waals surface area contributed by atoms with E-state index in [1.54, 1.807) is 48.5 Å². The van der Waals surface area contributed by atoms with Gasteiger partial charge in [0.2, 0.25) is 0 Å². The van der Waals surface area contributed by atoms with Gasteiger partial charge in [0.25, 0.3) is 0 Å². The fourth-order valence-electron chi connectivity index (χ4n) is 1.47. The van der Waals surface area contributed by atoms with Crippen molar-refractivity contribution in [3.63, 3.8) is 0 Å². The first kappa shape index (κ1) is 11.8. The van der Waals surface area contributed by atoms with Crippen LogP contribution in [0.5, 0.6) is 5.75 Å². The molecule has 0 amide bonds. The zero-order valence-corrected chi connectivity index (χ0v) is 9.46. The SMILES string of the molecule is Nc1ccc(Nc2ccccc2OC(=O)O)cc1. The van der Waals surface area contributed by atoms with Gasteiger partial charge in [0.1, 0.15) is 0 Å². The number of hydrogen-bond acceptors (Lipinski definition) is 4. The first-order chi connectivity index (χ1) is 8.65. The van der Waals surface area contributed by atoms with Crippen LogP contribution in [0.4, 0.5) is 21.9 Å². The predicted molar refractivity (Wildman–Crippen MR) is 69.2 cm³/mol. The monoisotopic (exact) mass is 244 g/mol. The molecule has 0 radical (unpaired) electrons. The third kappa shape index (κ3) is 2.91. The van der Waals surface area contributed by atoms with Gasteiger partial charge < -0.3 is 20.9 Å². The van der Waals surface area contributed by atoms with E-state index in [9.17, 15) is 4.79 Å². The Labute approximate surface area is 104 Å². The summed E-state index contributed by atoms with van der Waals surface area (Å²) < 4.78 is 4.67. The number of anilines is 3. The van der Waals surface area contributed by atoms with Gasteiger partial charge in [0.15, 0.2) is 5.75 Å². The maximum absolute atomic E-state index is 10.6. The molecule has 4 N–H and O–H groups in total. The standard InChI is InChI=1S/C13H12N2O3/c14-9-5-7-10(8-6-9)15-11-3-1-2-4-12(11)18-13(16)17/h1-8,15H,14H2,(H,16,17). The Bertz CT molecular complexity index is 552. The fourth-order valence-corrected chi connectivity index (χ4v) is 1.47. The highest BCUT2D eigenvalue weighted by molar-refractivity contribution is 5.71. The summed E-state index contributed by atoms with van der Waals surface area (Å²) in [5, 5.41) is 11.7. The van der Waals surface area contributed by atoms with Gasteiger partial charge in [-0.1, -0.05) is 12.1 Å². The Morgan fingerprint density at radius 3 is 2.44 bits per heavy atom. The molecule has 5 nitrogen and oxygen atoms in total. The Balaban J connectivity index is 2.23. The fraction of sp³-hybridized carbons (Fsp3) is 0. The lowest BCUT2D eigenvalue weighted by Crippen LogP contribution is -2.05. The second-order valence-corrected chi connectivity index (χ2v) is 3.61. The number of benzene rings is 2. The molecule has 0 fully saturated rings. The Hall–Kier alpha value is -2.69. The molecule has 0 aliphatic carbocycles. The van der Waals surface area contributed by atoms with Gasteiger partial charge in [-0.3, -0.25) is 0 Å². The highest BCUT2D eigenvalue weighted by Crippen LogP contribution is 2.27. The molecule has 0 bridgehead atoms. The van der Waals surface area contributed by atoms with E-state index >= 15 is 0 Å². The molecular weight excluding hydrogens is 232 g/mol. The van der Waals surface area contributed by atoms with Crippen LogP contribution in [0.3, 0.4) is 0 Å². The second kappa shape index (κ2) is 5.09. The number of nitrogen functional groups attached to an aromatic ring is 1. The van der Waals surface area contributed by atoms with Crippen molar-refractivity contribution in [2.24, 2.45) is 0 Å². The van der Waals surface area contributed by atoms with Crippen LogP contribution < -0.4 is 15.8 Å². The molecule has 0 aliphatic heterocycles. The smallest absolute Gasteiger partial charge is 0.449 e. The van der Waals surface area contributed by atoms with Crippen LogP contribution in [0.2, 0.25) is 0 Å². The van der Waals surface area contributed by atoms with Crippen molar-refractivity contribution in [3.8, 4) is 5.75 Å². The Morgan fingerprint density at radius 2 is 1.78 bits per heavy atom. The average molecular weight is 244 g/mol. The molecule has 0 heterocycles. The van der Waals surface area contributed by atoms with Gasteiger partial charge in [-0.15, -0.1) is 0 Å². The lowest BCUT2D eigenvalue weighted by molar-refractivity contribution is 0.144. The van der Waals surface area contributed by atoms with Crippen molar-refractivity contribution in [1.29, 1.82) is 0 Å². The Morgan fingerprint density at radius 1 is 1.11 bits per heavy atom. The van der Waals surface area contributed by atoms with E-state index < -0.39 is 6.16 Å². The van der Waals surface area contributed by atoms with Gasteiger partial charge in [0, 0.05) is 11.4 Å². The van der Waals surface area contributed by atoms with Gasteiger partial charge >= 0.3 is 6.16 Å². The van der Waals surface area contributed by atoms with Crippen LogP contribution >= 0.6 is 0 Å². The molecule has 2 aromatic rings. The number of nitrogens with one attached hydrogen (secondary N) is 1. The minimum absolute atomic E-state index is 0.252. The van der Waals surface area contributed by atoms with Gasteiger partial charge in [-0.05, 0) is 36.4 Å².